The van der Waals surface area contributed by atoms with Gasteiger partial charge in [0, 0.05) is 0 Å². The van der Waals surface area contributed by atoms with E-state index in [9.17, 15) is 0 Å². The van der Waals surface area contributed by atoms with Crippen molar-refractivity contribution in [2.24, 2.45) is 0 Å². The summed E-state index contributed by atoms with van der Waals surface area (Å²) in [6.07, 6.45) is 0. The van der Waals surface area contributed by atoms with Gasteiger partial charge in [0.2, 0.25) is 4.96 Å². The van der Waals surface area contributed by atoms with Crippen molar-refractivity contribution in [2.75, 3.05) is 0 Å². The summed E-state index contributed by atoms with van der Waals surface area (Å²) in [5, 5.41) is 15.5. The van der Waals surface area contributed by atoms with Gasteiger partial charge in [-0.05, 0) is 18.4 Å². The van der Waals surface area contributed by atoms with E-state index in [1.807, 2.05) is 18.4 Å². The molecule has 14 heavy (non-hydrogen) atoms. The first kappa shape index (κ1) is 8.07. The predicted molar refractivity (Wildman–Crippen MR) is 56.7 cm³/mol. The summed E-state index contributed by atoms with van der Waals surface area (Å²) in [4.78, 5) is 2.03. The zero-order valence-electron chi connectivity index (χ0n) is 7.34. The normalized spacial score (nSPS) is 11.2. The summed E-state index contributed by atoms with van der Waals surface area (Å²) in [6.45, 7) is 1.90. The largest absolute Gasteiger partial charge is 0.234 e. The minimum absolute atomic E-state index is 0.832. The highest BCUT2D eigenvalue weighted by Crippen LogP contribution is 2.28. The minimum atomic E-state index is 0.832. The lowest BCUT2D eigenvalue weighted by atomic mass is 10.5. The summed E-state index contributed by atoms with van der Waals surface area (Å²) >= 11 is 3.25. The van der Waals surface area contributed by atoms with Gasteiger partial charge in [-0.1, -0.05) is 17.4 Å². The molecule has 3 aromatic rings. The van der Waals surface area contributed by atoms with Gasteiger partial charge in [-0.15, -0.1) is 21.5 Å². The average molecular weight is 222 g/mol. The fourth-order valence-electron chi connectivity index (χ4n) is 1.21. The minimum Gasteiger partial charge on any atom is -0.187 e. The molecule has 0 aliphatic carbocycles. The highest BCUT2D eigenvalue weighted by Gasteiger charge is 2.10. The van der Waals surface area contributed by atoms with Crippen molar-refractivity contribution >= 4 is 27.6 Å². The van der Waals surface area contributed by atoms with Crippen molar-refractivity contribution in [3.63, 3.8) is 0 Å². The molecule has 0 N–H and O–H groups in total. The van der Waals surface area contributed by atoms with Gasteiger partial charge in [-0.25, -0.2) is 0 Å². The predicted octanol–water partition coefficient (Wildman–Crippen LogP) is 2.22. The van der Waals surface area contributed by atoms with E-state index < -0.39 is 0 Å². The highest BCUT2D eigenvalue weighted by molar-refractivity contribution is 7.23. The van der Waals surface area contributed by atoms with Gasteiger partial charge in [0.05, 0.1) is 4.88 Å². The third kappa shape index (κ3) is 1.08. The van der Waals surface area contributed by atoms with Crippen molar-refractivity contribution in [1.82, 2.24) is 19.8 Å². The number of aryl methyl sites for hydroxylation is 1. The molecule has 0 amide bonds. The molecule has 70 valence electrons. The number of hydrogen-bond acceptors (Lipinski definition) is 5. The van der Waals surface area contributed by atoms with Crippen molar-refractivity contribution in [3.8, 4) is 9.88 Å². The van der Waals surface area contributed by atoms with E-state index in [2.05, 4.69) is 21.4 Å². The summed E-state index contributed by atoms with van der Waals surface area (Å²) in [5.74, 6) is 0.832. The summed E-state index contributed by atoms with van der Waals surface area (Å²) < 4.78 is 1.78. The quantitative estimate of drug-likeness (QED) is 0.634. The van der Waals surface area contributed by atoms with E-state index in [0.717, 1.165) is 15.8 Å². The maximum absolute atomic E-state index is 4.44. The number of thiophene rings is 1. The average Bonchev–Trinajstić information content (AvgIpc) is 2.83. The lowest BCUT2D eigenvalue weighted by Gasteiger charge is -1.85. The second kappa shape index (κ2) is 2.86. The molecular weight excluding hydrogens is 216 g/mol. The van der Waals surface area contributed by atoms with E-state index >= 15 is 0 Å². The Bertz CT molecular complexity index is 563. The van der Waals surface area contributed by atoms with Gasteiger partial charge in [0.1, 0.15) is 0 Å². The molecule has 0 saturated carbocycles. The molecule has 3 aromatic heterocycles. The molecule has 6 heteroatoms. The fourth-order valence-corrected chi connectivity index (χ4v) is 2.89. The lowest BCUT2D eigenvalue weighted by Crippen LogP contribution is -1.87. The smallest absolute Gasteiger partial charge is 0.187 e. The fraction of sp³-hybridized carbons (Fsp3) is 0.125. The Labute approximate surface area is 87.8 Å². The molecule has 0 spiro atoms. The topological polar surface area (TPSA) is 43.1 Å². The SMILES string of the molecule is Cc1nnc2sc(-c3cccs3)nn12. The highest BCUT2D eigenvalue weighted by atomic mass is 32.1. The molecule has 0 aliphatic heterocycles. The van der Waals surface area contributed by atoms with Crippen LogP contribution in [0.5, 0.6) is 0 Å². The van der Waals surface area contributed by atoms with Crippen LogP contribution in [0, 0.1) is 6.92 Å². The zero-order valence-corrected chi connectivity index (χ0v) is 8.97. The van der Waals surface area contributed by atoms with Crippen molar-refractivity contribution in [3.05, 3.63) is 23.3 Å². The molecule has 4 nitrogen and oxygen atoms in total. The second-order valence-corrected chi connectivity index (χ2v) is 4.73. The Kier molecular flexibility index (Phi) is 1.65. The molecule has 0 unspecified atom stereocenters. The molecule has 0 atom stereocenters. The molecule has 0 saturated heterocycles. The Balaban J connectivity index is 2.24. The number of hydrogen-bond donors (Lipinski definition) is 0. The first-order chi connectivity index (χ1) is 6.84. The Hall–Kier alpha value is -1.27. The van der Waals surface area contributed by atoms with E-state index in [4.69, 9.17) is 0 Å². The van der Waals surface area contributed by atoms with Crippen LogP contribution >= 0.6 is 22.7 Å². The molecule has 0 radical (unpaired) electrons. The van der Waals surface area contributed by atoms with E-state index in [0.29, 0.717) is 0 Å². The molecule has 0 fully saturated rings. The Morgan fingerprint density at radius 2 is 2.29 bits per heavy atom. The molecule has 0 aromatic carbocycles. The Morgan fingerprint density at radius 3 is 3.00 bits per heavy atom. The maximum Gasteiger partial charge on any atom is 0.234 e. The number of rotatable bonds is 1. The van der Waals surface area contributed by atoms with Crippen LogP contribution in [-0.4, -0.2) is 19.8 Å². The number of fused-ring (bicyclic) bond motifs is 1. The lowest BCUT2D eigenvalue weighted by molar-refractivity contribution is 0.898. The standard InChI is InChI=1S/C8H6N4S2/c1-5-9-10-8-12(5)11-7(14-8)6-3-2-4-13-6/h2-4H,1H3. The molecular formula is C8H6N4S2. The Morgan fingerprint density at radius 1 is 1.36 bits per heavy atom. The summed E-state index contributed by atoms with van der Waals surface area (Å²) in [6, 6.07) is 4.08. The third-order valence-electron chi connectivity index (χ3n) is 1.88. The van der Waals surface area contributed by atoms with Gasteiger partial charge < -0.3 is 0 Å². The third-order valence-corrected chi connectivity index (χ3v) is 3.82. The number of nitrogens with zero attached hydrogens (tertiary/aromatic N) is 4. The van der Waals surface area contributed by atoms with Gasteiger partial charge in [-0.3, -0.25) is 0 Å². The van der Waals surface area contributed by atoms with E-state index in [1.54, 1.807) is 27.2 Å². The van der Waals surface area contributed by atoms with Crippen LogP contribution in [0.1, 0.15) is 5.82 Å². The molecule has 0 aliphatic rings. The summed E-state index contributed by atoms with van der Waals surface area (Å²) in [5.41, 5.74) is 0. The van der Waals surface area contributed by atoms with Crippen LogP contribution in [0.15, 0.2) is 17.5 Å². The van der Waals surface area contributed by atoms with Crippen LogP contribution in [-0.2, 0) is 0 Å². The molecule has 3 heterocycles. The van der Waals surface area contributed by atoms with Crippen LogP contribution in [0.4, 0.5) is 0 Å². The molecule has 0 bridgehead atoms. The van der Waals surface area contributed by atoms with Crippen LogP contribution < -0.4 is 0 Å². The van der Waals surface area contributed by atoms with Crippen molar-refractivity contribution in [2.45, 2.75) is 6.92 Å². The molecule has 3 rings (SSSR count). The van der Waals surface area contributed by atoms with Crippen LogP contribution in [0.2, 0.25) is 0 Å². The van der Waals surface area contributed by atoms with Crippen molar-refractivity contribution < 1.29 is 0 Å². The maximum atomic E-state index is 4.44. The van der Waals surface area contributed by atoms with Gasteiger partial charge >= 0.3 is 0 Å². The number of aromatic nitrogens is 4. The van der Waals surface area contributed by atoms with Gasteiger partial charge in [0.15, 0.2) is 10.8 Å². The van der Waals surface area contributed by atoms with Gasteiger partial charge in [-0.2, -0.15) is 9.61 Å². The van der Waals surface area contributed by atoms with Crippen LogP contribution in [0.25, 0.3) is 14.8 Å². The van der Waals surface area contributed by atoms with Crippen LogP contribution in [0.3, 0.4) is 0 Å². The first-order valence-corrected chi connectivity index (χ1v) is 5.77. The van der Waals surface area contributed by atoms with Gasteiger partial charge in [0.25, 0.3) is 0 Å². The monoisotopic (exact) mass is 222 g/mol. The zero-order chi connectivity index (χ0) is 9.54. The van der Waals surface area contributed by atoms with E-state index in [-0.39, 0.29) is 0 Å². The van der Waals surface area contributed by atoms with E-state index in [1.165, 1.54) is 4.88 Å². The van der Waals surface area contributed by atoms with Crippen molar-refractivity contribution in [1.29, 1.82) is 0 Å². The summed E-state index contributed by atoms with van der Waals surface area (Å²) in [7, 11) is 0. The first-order valence-electron chi connectivity index (χ1n) is 4.07. The second-order valence-electron chi connectivity index (χ2n) is 2.83.